The summed E-state index contributed by atoms with van der Waals surface area (Å²) in [6.45, 7) is 5.48. The number of unbranched alkanes of at least 4 members (excludes halogenated alkanes) is 1. The van der Waals surface area contributed by atoms with Gasteiger partial charge in [0.1, 0.15) is 16.6 Å². The molecule has 3 heterocycles. The number of aryl methyl sites for hydroxylation is 1. The molecule has 0 spiro atoms. The number of pyridine rings is 1. The first-order chi connectivity index (χ1) is 12.5. The van der Waals surface area contributed by atoms with Crippen molar-refractivity contribution in [3.05, 3.63) is 49.8 Å². The van der Waals surface area contributed by atoms with E-state index >= 15 is 0 Å². The summed E-state index contributed by atoms with van der Waals surface area (Å²) in [5, 5.41) is 3.91. The van der Waals surface area contributed by atoms with Crippen molar-refractivity contribution in [3.8, 4) is 0 Å². The molecule has 0 aliphatic carbocycles. The van der Waals surface area contributed by atoms with Gasteiger partial charge in [-0.1, -0.05) is 6.07 Å². The number of hydrogen-bond acceptors (Lipinski definition) is 6. The van der Waals surface area contributed by atoms with Crippen molar-refractivity contribution in [2.45, 2.75) is 19.4 Å². The lowest BCUT2D eigenvalue weighted by molar-refractivity contribution is 0.249. The van der Waals surface area contributed by atoms with E-state index in [0.717, 1.165) is 60.6 Å². The maximum atomic E-state index is 11.9. The Balaban J connectivity index is 1.41. The number of nitrogens with zero attached hydrogens (tertiary/aromatic N) is 6. The maximum absolute atomic E-state index is 11.9. The minimum Gasteiger partial charge on any atom is -0.354 e. The van der Waals surface area contributed by atoms with Gasteiger partial charge in [0.05, 0.1) is 0 Å². The van der Waals surface area contributed by atoms with Crippen LogP contribution < -0.4 is 16.1 Å². The molecule has 0 unspecified atom stereocenters. The first kappa shape index (κ1) is 18.8. The fourth-order valence-corrected chi connectivity index (χ4v) is 3.38. The lowest BCUT2D eigenvalue weighted by atomic mass is 10.2. The van der Waals surface area contributed by atoms with Gasteiger partial charge in [-0.2, -0.15) is 5.10 Å². The summed E-state index contributed by atoms with van der Waals surface area (Å²) in [6, 6.07) is 5.98. The molecule has 0 aromatic carbocycles. The normalized spacial score (nSPS) is 15.4. The van der Waals surface area contributed by atoms with Crippen LogP contribution in [-0.4, -0.2) is 57.0 Å². The van der Waals surface area contributed by atoms with Crippen LogP contribution in [0.1, 0.15) is 12.8 Å². The quantitative estimate of drug-likeness (QED) is 0.508. The van der Waals surface area contributed by atoms with Crippen LogP contribution in [-0.2, 0) is 13.6 Å². The summed E-state index contributed by atoms with van der Waals surface area (Å²) >= 11 is 3.42. The molecule has 0 amide bonds. The molecule has 8 nitrogen and oxygen atoms in total. The Morgan fingerprint density at radius 2 is 1.81 bits per heavy atom. The number of anilines is 1. The highest BCUT2D eigenvalue weighted by molar-refractivity contribution is 9.10. The summed E-state index contributed by atoms with van der Waals surface area (Å²) < 4.78 is 3.31. The smallest absolute Gasteiger partial charge is 0.347 e. The number of rotatable bonds is 6. The third kappa shape index (κ3) is 4.59. The second kappa shape index (κ2) is 8.59. The van der Waals surface area contributed by atoms with Crippen LogP contribution in [0.15, 0.2) is 38.6 Å². The molecule has 26 heavy (non-hydrogen) atoms. The standard InChI is InChI=1S/C17H23BrN6O2/c1-21-16(25)13-19-24(17(21)26)8-3-2-7-22-9-11-23(12-10-22)15-6-4-5-14(18)20-15/h4-6,13H,2-3,7-12H2,1H3/i18-5. The van der Waals surface area contributed by atoms with E-state index in [2.05, 4.69) is 35.8 Å². The van der Waals surface area contributed by atoms with Crippen molar-refractivity contribution in [2.24, 2.45) is 7.05 Å². The Morgan fingerprint density at radius 3 is 2.54 bits per heavy atom. The van der Waals surface area contributed by atoms with E-state index in [9.17, 15) is 9.59 Å². The molecule has 3 rings (SSSR count). The minimum absolute atomic E-state index is 0.354. The molecule has 1 saturated heterocycles. The monoisotopic (exact) mass is 418 g/mol. The van der Waals surface area contributed by atoms with Gasteiger partial charge in [0.15, 0.2) is 0 Å². The highest BCUT2D eigenvalue weighted by Gasteiger charge is 2.17. The van der Waals surface area contributed by atoms with E-state index in [1.54, 1.807) is 0 Å². The third-order valence-electron chi connectivity index (χ3n) is 4.64. The van der Waals surface area contributed by atoms with Crippen molar-refractivity contribution in [1.29, 1.82) is 0 Å². The van der Waals surface area contributed by atoms with Crippen molar-refractivity contribution >= 4 is 21.7 Å². The summed E-state index contributed by atoms with van der Waals surface area (Å²) in [7, 11) is 1.47. The second-order valence-corrected chi connectivity index (χ2v) is 7.21. The number of piperazine rings is 1. The van der Waals surface area contributed by atoms with E-state index in [0.29, 0.717) is 6.54 Å². The SMILES string of the molecule is Cn1c(=O)cnn(CCCCN2CCN(c3cccc([75Br])n3)CC2)c1=O. The summed E-state index contributed by atoms with van der Waals surface area (Å²) in [5.74, 6) is 1.01. The molecule has 0 N–H and O–H groups in total. The maximum Gasteiger partial charge on any atom is 0.347 e. The molecule has 2 aromatic heterocycles. The molecule has 0 bridgehead atoms. The highest BCUT2D eigenvalue weighted by Crippen LogP contribution is 2.16. The van der Waals surface area contributed by atoms with E-state index in [1.165, 1.54) is 17.9 Å². The van der Waals surface area contributed by atoms with Gasteiger partial charge >= 0.3 is 5.69 Å². The highest BCUT2D eigenvalue weighted by atomic mass is 74.9. The molecular weight excluding hydrogens is 395 g/mol. The van der Waals surface area contributed by atoms with Gasteiger partial charge in [0.25, 0.3) is 5.56 Å². The van der Waals surface area contributed by atoms with Gasteiger partial charge in [-0.3, -0.25) is 14.3 Å². The Labute approximate surface area is 160 Å². The fraction of sp³-hybridized carbons (Fsp3) is 0.529. The molecule has 1 fully saturated rings. The van der Waals surface area contributed by atoms with Crippen LogP contribution in [0.25, 0.3) is 0 Å². The Bertz CT molecular complexity index is 857. The van der Waals surface area contributed by atoms with Crippen LogP contribution in [0.4, 0.5) is 5.82 Å². The summed E-state index contributed by atoms with van der Waals surface area (Å²) in [5.41, 5.74) is -0.725. The summed E-state index contributed by atoms with van der Waals surface area (Å²) in [6.07, 6.45) is 3.04. The van der Waals surface area contributed by atoms with Crippen LogP contribution in [0.5, 0.6) is 0 Å². The molecule has 9 heteroatoms. The average molecular weight is 418 g/mol. The molecular formula is C17H23BrN6O2. The van der Waals surface area contributed by atoms with Crippen LogP contribution >= 0.6 is 15.9 Å². The number of hydrogen-bond donors (Lipinski definition) is 0. The predicted octanol–water partition coefficient (Wildman–Crippen LogP) is 0.702. The molecule has 1 aliphatic rings. The van der Waals surface area contributed by atoms with Gasteiger partial charge in [-0.15, -0.1) is 0 Å². The van der Waals surface area contributed by atoms with Gasteiger partial charge in [0.2, 0.25) is 0 Å². The minimum atomic E-state index is -0.371. The largest absolute Gasteiger partial charge is 0.354 e. The first-order valence-electron chi connectivity index (χ1n) is 8.77. The molecule has 0 radical (unpaired) electrons. The van der Waals surface area contributed by atoms with Crippen LogP contribution in [0, 0.1) is 0 Å². The molecule has 0 atom stereocenters. The van der Waals surface area contributed by atoms with Gasteiger partial charge in [0, 0.05) is 39.8 Å². The zero-order chi connectivity index (χ0) is 18.5. The Morgan fingerprint density at radius 1 is 1.08 bits per heavy atom. The zero-order valence-corrected chi connectivity index (χ0v) is 16.4. The van der Waals surface area contributed by atoms with E-state index in [4.69, 9.17) is 0 Å². The number of halogens is 1. The van der Waals surface area contributed by atoms with Crippen molar-refractivity contribution in [3.63, 3.8) is 0 Å². The van der Waals surface area contributed by atoms with E-state index < -0.39 is 0 Å². The third-order valence-corrected chi connectivity index (χ3v) is 5.08. The zero-order valence-electron chi connectivity index (χ0n) is 14.8. The predicted molar refractivity (Wildman–Crippen MR) is 104 cm³/mol. The van der Waals surface area contributed by atoms with Crippen LogP contribution in [0.3, 0.4) is 0 Å². The van der Waals surface area contributed by atoms with Crippen molar-refractivity contribution < 1.29 is 0 Å². The fourth-order valence-electron chi connectivity index (χ4n) is 3.05. The Kier molecular flexibility index (Phi) is 6.20. The van der Waals surface area contributed by atoms with Crippen molar-refractivity contribution in [1.82, 2.24) is 24.2 Å². The molecule has 0 saturated carbocycles. The van der Waals surface area contributed by atoms with Crippen LogP contribution in [0.2, 0.25) is 0 Å². The number of aromatic nitrogens is 4. The summed E-state index contributed by atoms with van der Waals surface area (Å²) in [4.78, 5) is 32.5. The average Bonchev–Trinajstić information content (AvgIpc) is 2.65. The van der Waals surface area contributed by atoms with Gasteiger partial charge in [-0.25, -0.2) is 14.5 Å². The van der Waals surface area contributed by atoms with Crippen molar-refractivity contribution in [2.75, 3.05) is 37.6 Å². The van der Waals surface area contributed by atoms with Gasteiger partial charge < -0.3 is 4.90 Å². The first-order valence-corrected chi connectivity index (χ1v) is 9.57. The molecule has 140 valence electrons. The molecule has 1 aliphatic heterocycles. The van der Waals surface area contributed by atoms with Gasteiger partial charge in [-0.05, 0) is 47.4 Å². The lowest BCUT2D eigenvalue weighted by Crippen LogP contribution is -2.47. The molecule has 2 aromatic rings. The van der Waals surface area contributed by atoms with E-state index in [-0.39, 0.29) is 11.2 Å². The lowest BCUT2D eigenvalue weighted by Gasteiger charge is -2.35. The topological polar surface area (TPSA) is 76.3 Å². The second-order valence-electron chi connectivity index (χ2n) is 6.40. The Hall–Kier alpha value is -2.00. The van der Waals surface area contributed by atoms with E-state index in [1.807, 2.05) is 18.2 Å².